The summed E-state index contributed by atoms with van der Waals surface area (Å²) in [6.45, 7) is 0. The van der Waals surface area contributed by atoms with Crippen LogP contribution in [0.4, 0.5) is 5.69 Å². The second-order valence-corrected chi connectivity index (χ2v) is 5.75. The maximum absolute atomic E-state index is 11.9. The molecular weight excluding hydrogens is 330 g/mol. The SMILES string of the molecule is O=C(CCc1ccco1)Nc1ccc2cc(Br)ccc2c1. The van der Waals surface area contributed by atoms with E-state index in [9.17, 15) is 4.79 Å². The third-order valence-electron chi connectivity index (χ3n) is 3.26. The van der Waals surface area contributed by atoms with Crippen LogP contribution in [0.3, 0.4) is 0 Å². The molecule has 0 aliphatic heterocycles. The molecule has 0 aliphatic carbocycles. The van der Waals surface area contributed by atoms with Crippen molar-refractivity contribution in [2.45, 2.75) is 12.8 Å². The Morgan fingerprint density at radius 2 is 1.90 bits per heavy atom. The van der Waals surface area contributed by atoms with Crippen LogP contribution >= 0.6 is 15.9 Å². The first-order chi connectivity index (χ1) is 10.2. The number of rotatable bonds is 4. The lowest BCUT2D eigenvalue weighted by molar-refractivity contribution is -0.116. The Hall–Kier alpha value is -2.07. The second kappa shape index (κ2) is 6.14. The van der Waals surface area contributed by atoms with Crippen LogP contribution in [0, 0.1) is 0 Å². The number of anilines is 1. The fourth-order valence-corrected chi connectivity index (χ4v) is 2.59. The number of carbonyl (C=O) groups is 1. The van der Waals surface area contributed by atoms with Crippen LogP contribution in [0.25, 0.3) is 10.8 Å². The molecule has 1 N–H and O–H groups in total. The van der Waals surface area contributed by atoms with Gasteiger partial charge < -0.3 is 9.73 Å². The highest BCUT2D eigenvalue weighted by Crippen LogP contribution is 2.23. The largest absolute Gasteiger partial charge is 0.469 e. The maximum atomic E-state index is 11.9. The Bertz CT molecular complexity index is 766. The van der Waals surface area contributed by atoms with Gasteiger partial charge in [-0.1, -0.05) is 28.1 Å². The van der Waals surface area contributed by atoms with Crippen LogP contribution in [-0.2, 0) is 11.2 Å². The number of furan rings is 1. The molecule has 0 atom stereocenters. The third kappa shape index (κ3) is 3.52. The summed E-state index contributed by atoms with van der Waals surface area (Å²) in [5, 5.41) is 5.15. The van der Waals surface area contributed by atoms with Crippen LogP contribution in [0.1, 0.15) is 12.2 Å². The summed E-state index contributed by atoms with van der Waals surface area (Å²) in [7, 11) is 0. The normalized spacial score (nSPS) is 10.7. The molecule has 1 aromatic heterocycles. The van der Waals surface area contributed by atoms with E-state index in [1.54, 1.807) is 6.26 Å². The molecule has 1 amide bonds. The molecule has 0 fully saturated rings. The van der Waals surface area contributed by atoms with Gasteiger partial charge in [0.15, 0.2) is 0 Å². The molecule has 4 heteroatoms. The number of halogens is 1. The number of aryl methyl sites for hydroxylation is 1. The number of hydrogen-bond acceptors (Lipinski definition) is 2. The predicted octanol–water partition coefficient (Wildman–Crippen LogP) is 4.77. The first kappa shape index (κ1) is 13.9. The lowest BCUT2D eigenvalue weighted by atomic mass is 10.1. The van der Waals surface area contributed by atoms with E-state index < -0.39 is 0 Å². The molecule has 0 unspecified atom stereocenters. The van der Waals surface area contributed by atoms with E-state index in [2.05, 4.69) is 27.3 Å². The molecule has 0 bridgehead atoms. The Morgan fingerprint density at radius 1 is 1.10 bits per heavy atom. The van der Waals surface area contributed by atoms with Crippen LogP contribution < -0.4 is 5.32 Å². The topological polar surface area (TPSA) is 42.2 Å². The number of hydrogen-bond donors (Lipinski definition) is 1. The molecule has 3 nitrogen and oxygen atoms in total. The lowest BCUT2D eigenvalue weighted by Gasteiger charge is -2.06. The Morgan fingerprint density at radius 3 is 2.71 bits per heavy atom. The van der Waals surface area contributed by atoms with Crippen molar-refractivity contribution in [2.24, 2.45) is 0 Å². The molecule has 0 saturated heterocycles. The first-order valence-electron chi connectivity index (χ1n) is 6.72. The van der Waals surface area contributed by atoms with Crippen molar-refractivity contribution in [3.8, 4) is 0 Å². The standard InChI is InChI=1S/C17H14BrNO2/c18-14-5-3-13-11-15(6-4-12(13)10-14)19-17(20)8-7-16-2-1-9-21-16/h1-6,9-11H,7-8H2,(H,19,20). The van der Waals surface area contributed by atoms with Gasteiger partial charge in [-0.2, -0.15) is 0 Å². The molecule has 3 rings (SSSR count). The van der Waals surface area contributed by atoms with E-state index in [4.69, 9.17) is 4.42 Å². The van der Waals surface area contributed by atoms with Gasteiger partial charge in [0, 0.05) is 23.0 Å². The zero-order chi connectivity index (χ0) is 14.7. The smallest absolute Gasteiger partial charge is 0.224 e. The van der Waals surface area contributed by atoms with E-state index in [0.717, 1.165) is 26.7 Å². The van der Waals surface area contributed by atoms with E-state index in [0.29, 0.717) is 12.8 Å². The summed E-state index contributed by atoms with van der Waals surface area (Å²) in [5.74, 6) is 0.816. The van der Waals surface area contributed by atoms with Crippen molar-refractivity contribution in [3.63, 3.8) is 0 Å². The Labute approximate surface area is 131 Å². The predicted molar refractivity (Wildman–Crippen MR) is 87.3 cm³/mol. The van der Waals surface area contributed by atoms with E-state index >= 15 is 0 Å². The molecule has 3 aromatic rings. The Balaban J connectivity index is 1.66. The average molecular weight is 344 g/mol. The van der Waals surface area contributed by atoms with Gasteiger partial charge in [0.05, 0.1) is 6.26 Å². The van der Waals surface area contributed by atoms with Crippen molar-refractivity contribution >= 4 is 38.3 Å². The summed E-state index contributed by atoms with van der Waals surface area (Å²) >= 11 is 3.45. The zero-order valence-corrected chi connectivity index (χ0v) is 12.9. The van der Waals surface area contributed by atoms with Crippen molar-refractivity contribution in [3.05, 3.63) is 65.0 Å². The van der Waals surface area contributed by atoms with E-state index in [1.165, 1.54) is 0 Å². The minimum Gasteiger partial charge on any atom is -0.469 e. The van der Waals surface area contributed by atoms with Crippen molar-refractivity contribution in [1.82, 2.24) is 0 Å². The van der Waals surface area contributed by atoms with E-state index in [1.807, 2.05) is 42.5 Å². The molecule has 21 heavy (non-hydrogen) atoms. The Kier molecular flexibility index (Phi) is 4.06. The summed E-state index contributed by atoms with van der Waals surface area (Å²) in [6.07, 6.45) is 2.64. The summed E-state index contributed by atoms with van der Waals surface area (Å²) < 4.78 is 6.27. The van der Waals surface area contributed by atoms with Gasteiger partial charge in [-0.3, -0.25) is 4.79 Å². The summed E-state index contributed by atoms with van der Waals surface area (Å²) in [4.78, 5) is 11.9. The first-order valence-corrected chi connectivity index (χ1v) is 7.51. The number of amides is 1. The fourth-order valence-electron chi connectivity index (χ4n) is 2.21. The molecular formula is C17H14BrNO2. The van der Waals surface area contributed by atoms with Crippen LogP contribution in [0.2, 0.25) is 0 Å². The molecule has 0 radical (unpaired) electrons. The number of nitrogens with one attached hydrogen (secondary N) is 1. The van der Waals surface area contributed by atoms with Gasteiger partial charge in [0.1, 0.15) is 5.76 Å². The number of benzene rings is 2. The van der Waals surface area contributed by atoms with Gasteiger partial charge in [-0.15, -0.1) is 0 Å². The van der Waals surface area contributed by atoms with Crippen molar-refractivity contribution in [2.75, 3.05) is 5.32 Å². The van der Waals surface area contributed by atoms with Gasteiger partial charge in [-0.05, 0) is 47.2 Å². The minimum absolute atomic E-state index is 0.0112. The van der Waals surface area contributed by atoms with Crippen LogP contribution in [0.5, 0.6) is 0 Å². The highest BCUT2D eigenvalue weighted by molar-refractivity contribution is 9.10. The van der Waals surface area contributed by atoms with Gasteiger partial charge >= 0.3 is 0 Å². The quantitative estimate of drug-likeness (QED) is 0.741. The molecule has 0 saturated carbocycles. The highest BCUT2D eigenvalue weighted by atomic mass is 79.9. The molecule has 0 spiro atoms. The minimum atomic E-state index is -0.0112. The van der Waals surface area contributed by atoms with Crippen LogP contribution in [-0.4, -0.2) is 5.91 Å². The fraction of sp³-hybridized carbons (Fsp3) is 0.118. The maximum Gasteiger partial charge on any atom is 0.224 e. The summed E-state index contributed by atoms with van der Waals surface area (Å²) in [6, 6.07) is 15.7. The molecule has 0 aliphatic rings. The number of fused-ring (bicyclic) bond motifs is 1. The van der Waals surface area contributed by atoms with Crippen LogP contribution in [0.15, 0.2) is 63.7 Å². The molecule has 2 aromatic carbocycles. The van der Waals surface area contributed by atoms with Gasteiger partial charge in [0.2, 0.25) is 5.91 Å². The van der Waals surface area contributed by atoms with Crippen molar-refractivity contribution in [1.29, 1.82) is 0 Å². The highest BCUT2D eigenvalue weighted by Gasteiger charge is 2.05. The summed E-state index contributed by atoms with van der Waals surface area (Å²) in [5.41, 5.74) is 0.814. The average Bonchev–Trinajstić information content (AvgIpc) is 2.99. The second-order valence-electron chi connectivity index (χ2n) is 4.83. The molecule has 1 heterocycles. The third-order valence-corrected chi connectivity index (χ3v) is 3.76. The monoisotopic (exact) mass is 343 g/mol. The van der Waals surface area contributed by atoms with Gasteiger partial charge in [0.25, 0.3) is 0 Å². The number of carbonyl (C=O) groups excluding carboxylic acids is 1. The molecule has 106 valence electrons. The van der Waals surface area contributed by atoms with E-state index in [-0.39, 0.29) is 5.91 Å². The lowest BCUT2D eigenvalue weighted by Crippen LogP contribution is -2.12. The zero-order valence-electron chi connectivity index (χ0n) is 11.3. The van der Waals surface area contributed by atoms with Gasteiger partial charge in [-0.25, -0.2) is 0 Å². The van der Waals surface area contributed by atoms with Crippen molar-refractivity contribution < 1.29 is 9.21 Å².